The molecule has 0 saturated carbocycles. The highest BCUT2D eigenvalue weighted by Gasteiger charge is 2.52. The molecule has 1 heterocycles. The molecule has 2 aliphatic rings. The van der Waals surface area contributed by atoms with Crippen molar-refractivity contribution in [1.82, 2.24) is 0 Å². The van der Waals surface area contributed by atoms with Crippen molar-refractivity contribution in [3.05, 3.63) is 259 Å². The lowest BCUT2D eigenvalue weighted by Gasteiger charge is -2.32. The van der Waals surface area contributed by atoms with Crippen LogP contribution in [-0.2, 0) is 5.41 Å². The van der Waals surface area contributed by atoms with E-state index in [1.807, 2.05) is 0 Å². The molecule has 0 atom stereocenters. The van der Waals surface area contributed by atoms with Crippen molar-refractivity contribution < 1.29 is 4.42 Å². The minimum absolute atomic E-state index is 0.436. The van der Waals surface area contributed by atoms with E-state index in [4.69, 9.17) is 4.42 Å². The van der Waals surface area contributed by atoms with E-state index in [9.17, 15) is 0 Å². The summed E-state index contributed by atoms with van der Waals surface area (Å²) in [5.74, 6) is 0. The molecule has 0 bridgehead atoms. The number of hydrogen-bond donors (Lipinski definition) is 0. The summed E-state index contributed by atoms with van der Waals surface area (Å²) in [4.78, 5) is 2.47. The molecule has 63 heavy (non-hydrogen) atoms. The maximum absolute atomic E-state index is 6.55. The first-order valence-electron chi connectivity index (χ1n) is 21.8. The third kappa shape index (κ3) is 5.25. The van der Waals surface area contributed by atoms with Gasteiger partial charge in [-0.25, -0.2) is 0 Å². The summed E-state index contributed by atoms with van der Waals surface area (Å²) in [6.45, 7) is 0. The summed E-state index contributed by atoms with van der Waals surface area (Å²) >= 11 is 0. The highest BCUT2D eigenvalue weighted by Crippen LogP contribution is 2.64. The predicted molar refractivity (Wildman–Crippen MR) is 261 cm³/mol. The lowest BCUT2D eigenvalue weighted by molar-refractivity contribution is 0.670. The summed E-state index contributed by atoms with van der Waals surface area (Å²) in [6.07, 6.45) is 0. The molecular weight excluding hydrogens is 763 g/mol. The molecule has 2 heteroatoms. The van der Waals surface area contributed by atoms with Crippen LogP contribution in [-0.4, -0.2) is 0 Å². The fourth-order valence-corrected chi connectivity index (χ4v) is 10.8. The molecule has 1 spiro atoms. The fraction of sp³-hybridized carbons (Fsp3) is 0.0164. The molecule has 0 N–H and O–H groups in total. The Labute approximate surface area is 366 Å². The Morgan fingerprint density at radius 2 is 0.841 bits per heavy atom. The molecule has 0 amide bonds. The van der Waals surface area contributed by atoms with Crippen molar-refractivity contribution in [3.63, 3.8) is 0 Å². The first-order valence-corrected chi connectivity index (χ1v) is 21.8. The van der Waals surface area contributed by atoms with Gasteiger partial charge < -0.3 is 9.32 Å². The van der Waals surface area contributed by atoms with E-state index >= 15 is 0 Å². The smallest absolute Gasteiger partial charge is 0.143 e. The number of para-hydroxylation sites is 1. The predicted octanol–water partition coefficient (Wildman–Crippen LogP) is 16.4. The van der Waals surface area contributed by atoms with Crippen LogP contribution in [0.1, 0.15) is 22.3 Å². The van der Waals surface area contributed by atoms with Gasteiger partial charge in [-0.05, 0) is 109 Å². The summed E-state index contributed by atoms with van der Waals surface area (Å²) in [6, 6.07) is 86.4. The Kier molecular flexibility index (Phi) is 7.85. The summed E-state index contributed by atoms with van der Waals surface area (Å²) < 4.78 is 6.55. The highest BCUT2D eigenvalue weighted by atomic mass is 16.3. The zero-order chi connectivity index (χ0) is 41.5. The molecule has 0 saturated heterocycles. The SMILES string of the molecule is c1ccc(-c2cccc(N(c3ccc(-c4ccc5oc6c(-c7ccccc7)cccc6c5c4)cc3)c3cccc4c3-c3ccccc3C43c4ccccc4-c4ccccc43)c2)cc1. The molecule has 11 aromatic rings. The van der Waals surface area contributed by atoms with Gasteiger partial charge in [0.2, 0.25) is 0 Å². The topological polar surface area (TPSA) is 16.4 Å². The fourth-order valence-electron chi connectivity index (χ4n) is 10.8. The quantitative estimate of drug-likeness (QED) is 0.167. The highest BCUT2D eigenvalue weighted by molar-refractivity contribution is 6.10. The maximum Gasteiger partial charge on any atom is 0.143 e. The summed E-state index contributed by atoms with van der Waals surface area (Å²) in [5, 5.41) is 2.24. The average Bonchev–Trinajstić information content (AvgIpc) is 3.99. The van der Waals surface area contributed by atoms with Crippen LogP contribution in [0, 0.1) is 0 Å². The van der Waals surface area contributed by atoms with Gasteiger partial charge in [0.1, 0.15) is 11.2 Å². The second-order valence-corrected chi connectivity index (χ2v) is 16.7. The van der Waals surface area contributed by atoms with Crippen LogP contribution in [0.5, 0.6) is 0 Å². The zero-order valence-electron chi connectivity index (χ0n) is 34.4. The molecule has 0 aliphatic heterocycles. The van der Waals surface area contributed by atoms with Gasteiger partial charge in [-0.2, -0.15) is 0 Å². The third-order valence-electron chi connectivity index (χ3n) is 13.5. The number of anilines is 3. The minimum atomic E-state index is -0.436. The number of furan rings is 1. The molecule has 10 aromatic carbocycles. The molecule has 1 aromatic heterocycles. The van der Waals surface area contributed by atoms with E-state index in [0.717, 1.165) is 61.3 Å². The number of fused-ring (bicyclic) bond motifs is 13. The Morgan fingerprint density at radius 1 is 0.317 bits per heavy atom. The number of hydrogen-bond acceptors (Lipinski definition) is 2. The third-order valence-corrected chi connectivity index (χ3v) is 13.5. The van der Waals surface area contributed by atoms with Crippen LogP contribution in [0.25, 0.3) is 77.6 Å². The van der Waals surface area contributed by atoms with Gasteiger partial charge in [-0.3, -0.25) is 0 Å². The first-order chi connectivity index (χ1) is 31.3. The lowest BCUT2D eigenvalue weighted by Crippen LogP contribution is -2.26. The van der Waals surface area contributed by atoms with Crippen molar-refractivity contribution in [1.29, 1.82) is 0 Å². The van der Waals surface area contributed by atoms with Gasteiger partial charge in [-0.15, -0.1) is 0 Å². The van der Waals surface area contributed by atoms with Crippen molar-refractivity contribution in [3.8, 4) is 55.6 Å². The van der Waals surface area contributed by atoms with E-state index in [-0.39, 0.29) is 0 Å². The van der Waals surface area contributed by atoms with Crippen molar-refractivity contribution in [2.24, 2.45) is 0 Å². The van der Waals surface area contributed by atoms with Crippen molar-refractivity contribution in [2.45, 2.75) is 5.41 Å². The Morgan fingerprint density at radius 3 is 1.57 bits per heavy atom. The van der Waals surface area contributed by atoms with Crippen LogP contribution < -0.4 is 4.90 Å². The van der Waals surface area contributed by atoms with E-state index in [0.29, 0.717) is 0 Å². The average molecular weight is 802 g/mol. The standard InChI is InChI=1S/C61H39NO/c1-3-16-40(17-4-1)43-20-13-21-46(38-43)62(45-35-32-41(33-36-45)44-34-37-58-52(39-44)50-26-14-25-47(60(50)63-58)42-18-5-2-6-19-42)57-31-15-30-56-59(57)51-24-9-12-29-55(51)61(56)53-27-10-7-22-48(53)49-23-8-11-28-54(49)61/h1-39H. The van der Waals surface area contributed by atoms with Gasteiger partial charge in [0, 0.05) is 33.3 Å². The normalized spacial score (nSPS) is 12.9. The molecule has 2 aliphatic carbocycles. The molecule has 0 radical (unpaired) electrons. The second-order valence-electron chi connectivity index (χ2n) is 16.7. The monoisotopic (exact) mass is 801 g/mol. The van der Waals surface area contributed by atoms with E-state index in [1.165, 1.54) is 55.6 Å². The van der Waals surface area contributed by atoms with Crippen molar-refractivity contribution in [2.75, 3.05) is 4.90 Å². The van der Waals surface area contributed by atoms with E-state index in [1.54, 1.807) is 0 Å². The second kappa shape index (κ2) is 13.9. The first kappa shape index (κ1) is 35.5. The van der Waals surface area contributed by atoms with Crippen molar-refractivity contribution >= 4 is 39.0 Å². The molecular formula is C61H39NO. The van der Waals surface area contributed by atoms with Crippen LogP contribution in [0.4, 0.5) is 17.1 Å². The minimum Gasteiger partial charge on any atom is -0.455 e. The zero-order valence-corrected chi connectivity index (χ0v) is 34.4. The van der Waals surface area contributed by atoms with Crippen LogP contribution in [0.3, 0.4) is 0 Å². The Hall–Kier alpha value is -8.20. The molecule has 294 valence electrons. The summed E-state index contributed by atoms with van der Waals surface area (Å²) in [5.41, 5.74) is 22.1. The van der Waals surface area contributed by atoms with Gasteiger partial charge in [-0.1, -0.05) is 194 Å². The number of benzene rings is 10. The van der Waals surface area contributed by atoms with Crippen LogP contribution >= 0.6 is 0 Å². The van der Waals surface area contributed by atoms with Gasteiger partial charge in [0.25, 0.3) is 0 Å². The van der Waals surface area contributed by atoms with Gasteiger partial charge >= 0.3 is 0 Å². The Bertz CT molecular complexity index is 3520. The molecule has 0 unspecified atom stereocenters. The molecule has 2 nitrogen and oxygen atoms in total. The molecule has 13 rings (SSSR count). The number of rotatable bonds is 6. The maximum atomic E-state index is 6.55. The van der Waals surface area contributed by atoms with Gasteiger partial charge in [0.05, 0.1) is 11.1 Å². The van der Waals surface area contributed by atoms with E-state index in [2.05, 4.69) is 241 Å². The lowest BCUT2D eigenvalue weighted by atomic mass is 9.70. The molecule has 0 fully saturated rings. The summed E-state index contributed by atoms with van der Waals surface area (Å²) in [7, 11) is 0. The van der Waals surface area contributed by atoms with Crippen LogP contribution in [0.15, 0.2) is 241 Å². The Balaban J connectivity index is 0.991. The van der Waals surface area contributed by atoms with Gasteiger partial charge in [0.15, 0.2) is 0 Å². The number of nitrogens with zero attached hydrogens (tertiary/aromatic N) is 1. The van der Waals surface area contributed by atoms with E-state index < -0.39 is 5.41 Å². The van der Waals surface area contributed by atoms with Crippen LogP contribution in [0.2, 0.25) is 0 Å². The largest absolute Gasteiger partial charge is 0.455 e.